The molecular formula is C33H34ClN3O5S. The van der Waals surface area contributed by atoms with E-state index in [9.17, 15) is 18.0 Å². The van der Waals surface area contributed by atoms with E-state index in [1.54, 1.807) is 60.7 Å². The van der Waals surface area contributed by atoms with Crippen LogP contribution in [0.1, 0.15) is 16.7 Å². The number of nitrogens with one attached hydrogen (secondary N) is 1. The molecule has 0 radical (unpaired) electrons. The van der Waals surface area contributed by atoms with Crippen LogP contribution in [0.2, 0.25) is 5.02 Å². The van der Waals surface area contributed by atoms with Gasteiger partial charge in [0.1, 0.15) is 18.3 Å². The van der Waals surface area contributed by atoms with Gasteiger partial charge in [-0.2, -0.15) is 0 Å². The number of carbonyl (C=O) groups is 2. The molecule has 0 aliphatic rings. The van der Waals surface area contributed by atoms with E-state index in [-0.39, 0.29) is 35.2 Å². The van der Waals surface area contributed by atoms with Crippen LogP contribution >= 0.6 is 11.6 Å². The van der Waals surface area contributed by atoms with Gasteiger partial charge < -0.3 is 15.0 Å². The number of hydrogen-bond acceptors (Lipinski definition) is 5. The van der Waals surface area contributed by atoms with Crippen molar-refractivity contribution in [1.29, 1.82) is 0 Å². The quantitative estimate of drug-likeness (QED) is 0.234. The second kappa shape index (κ2) is 14.2. The number of methoxy groups -OCH3 is 1. The third-order valence-corrected chi connectivity index (χ3v) is 8.98. The molecule has 0 fully saturated rings. The zero-order valence-corrected chi connectivity index (χ0v) is 25.8. The predicted molar refractivity (Wildman–Crippen MR) is 169 cm³/mol. The van der Waals surface area contributed by atoms with Crippen molar-refractivity contribution in [3.05, 3.63) is 125 Å². The number of nitrogens with zero attached hydrogens (tertiary/aromatic N) is 2. The van der Waals surface area contributed by atoms with Gasteiger partial charge in [0.25, 0.3) is 10.0 Å². The molecular weight excluding hydrogens is 586 g/mol. The first kappa shape index (κ1) is 31.6. The summed E-state index contributed by atoms with van der Waals surface area (Å²) in [6.45, 7) is 1.26. The van der Waals surface area contributed by atoms with E-state index in [0.29, 0.717) is 10.6 Å². The van der Waals surface area contributed by atoms with Crippen LogP contribution in [0.15, 0.2) is 108 Å². The molecule has 1 atom stereocenters. The molecule has 4 aromatic carbocycles. The van der Waals surface area contributed by atoms with Crippen LogP contribution in [0.25, 0.3) is 0 Å². The van der Waals surface area contributed by atoms with Crippen LogP contribution in [-0.2, 0) is 32.6 Å². The normalized spacial score (nSPS) is 11.8. The average Bonchev–Trinajstić information content (AvgIpc) is 3.02. The second-order valence-electron chi connectivity index (χ2n) is 9.97. The highest BCUT2D eigenvalue weighted by Gasteiger charge is 2.35. The molecule has 2 amide bonds. The van der Waals surface area contributed by atoms with Crippen LogP contribution in [0.3, 0.4) is 0 Å². The van der Waals surface area contributed by atoms with Gasteiger partial charge in [-0.3, -0.25) is 13.9 Å². The van der Waals surface area contributed by atoms with Crippen molar-refractivity contribution < 1.29 is 22.7 Å². The lowest BCUT2D eigenvalue weighted by Gasteiger charge is -2.34. The van der Waals surface area contributed by atoms with E-state index < -0.39 is 28.5 Å². The lowest BCUT2D eigenvalue weighted by atomic mass is 10.0. The zero-order valence-electron chi connectivity index (χ0n) is 24.2. The minimum atomic E-state index is -4.24. The van der Waals surface area contributed by atoms with Gasteiger partial charge >= 0.3 is 0 Å². The molecule has 0 saturated heterocycles. The van der Waals surface area contributed by atoms with Crippen molar-refractivity contribution in [3.8, 4) is 5.75 Å². The molecule has 0 bridgehead atoms. The number of rotatable bonds is 12. The standard InChI is InChI=1S/C33H34ClN3O5S/c1-24-17-18-31(42-3)29(19-24)37(43(40,41)28-15-8-5-9-16-28)23-32(38)36(22-26-13-10-14-27(34)20-26)30(33(39)35-2)21-25-11-6-4-7-12-25/h4-20,30H,21-23H2,1-3H3,(H,35,39). The van der Waals surface area contributed by atoms with E-state index in [1.807, 2.05) is 37.3 Å². The van der Waals surface area contributed by atoms with Crippen molar-refractivity contribution in [1.82, 2.24) is 10.2 Å². The van der Waals surface area contributed by atoms with E-state index in [2.05, 4.69) is 5.32 Å². The van der Waals surface area contributed by atoms with Gasteiger partial charge in [-0.15, -0.1) is 0 Å². The highest BCUT2D eigenvalue weighted by atomic mass is 35.5. The summed E-state index contributed by atoms with van der Waals surface area (Å²) in [4.78, 5) is 29.2. The monoisotopic (exact) mass is 619 g/mol. The molecule has 1 unspecified atom stereocenters. The Labute approximate surface area is 257 Å². The Balaban J connectivity index is 1.83. The molecule has 224 valence electrons. The SMILES string of the molecule is CNC(=O)C(Cc1ccccc1)N(Cc1cccc(Cl)c1)C(=O)CN(c1cc(C)ccc1OC)S(=O)(=O)c1ccccc1. The topological polar surface area (TPSA) is 96.0 Å². The fraction of sp³-hybridized carbons (Fsp3) is 0.212. The molecule has 0 aliphatic carbocycles. The third-order valence-electron chi connectivity index (χ3n) is 6.97. The van der Waals surface area contributed by atoms with Crippen molar-refractivity contribution in [2.24, 2.45) is 0 Å². The molecule has 4 aromatic rings. The molecule has 43 heavy (non-hydrogen) atoms. The summed E-state index contributed by atoms with van der Waals surface area (Å²) in [6, 6.07) is 28.4. The molecule has 1 N–H and O–H groups in total. The number of likely N-dealkylation sites (N-methyl/N-ethyl adjacent to an activating group) is 1. The number of sulfonamides is 1. The fourth-order valence-electron chi connectivity index (χ4n) is 4.78. The summed E-state index contributed by atoms with van der Waals surface area (Å²) < 4.78 is 34.8. The lowest BCUT2D eigenvalue weighted by Crippen LogP contribution is -2.53. The summed E-state index contributed by atoms with van der Waals surface area (Å²) in [5.74, 6) is -0.677. The van der Waals surface area contributed by atoms with Gasteiger partial charge in [-0.1, -0.05) is 78.3 Å². The molecule has 10 heteroatoms. The summed E-state index contributed by atoms with van der Waals surface area (Å²) in [5, 5.41) is 3.15. The van der Waals surface area contributed by atoms with Crippen LogP contribution in [0.5, 0.6) is 5.75 Å². The Morgan fingerprint density at radius 1 is 0.884 bits per heavy atom. The number of halogens is 1. The molecule has 0 aliphatic heterocycles. The summed E-state index contributed by atoms with van der Waals surface area (Å²) in [6.07, 6.45) is 0.214. The van der Waals surface area contributed by atoms with E-state index >= 15 is 0 Å². The number of anilines is 1. The van der Waals surface area contributed by atoms with Crippen LogP contribution < -0.4 is 14.4 Å². The summed E-state index contributed by atoms with van der Waals surface area (Å²) >= 11 is 6.26. The largest absolute Gasteiger partial charge is 0.495 e. The summed E-state index contributed by atoms with van der Waals surface area (Å²) in [7, 11) is -1.29. The number of hydrogen-bond donors (Lipinski definition) is 1. The number of carbonyl (C=O) groups excluding carboxylic acids is 2. The Hall–Kier alpha value is -4.34. The zero-order chi connectivity index (χ0) is 31.0. The van der Waals surface area contributed by atoms with Gasteiger partial charge in [0.05, 0.1) is 17.7 Å². The smallest absolute Gasteiger partial charge is 0.264 e. The lowest BCUT2D eigenvalue weighted by molar-refractivity contribution is -0.139. The molecule has 4 rings (SSSR count). The highest BCUT2D eigenvalue weighted by Crippen LogP contribution is 2.34. The first-order chi connectivity index (χ1) is 20.6. The van der Waals surface area contributed by atoms with Crippen LogP contribution in [0.4, 0.5) is 5.69 Å². The van der Waals surface area contributed by atoms with Gasteiger partial charge in [-0.05, 0) is 60.0 Å². The minimum absolute atomic E-state index is 0.0138. The van der Waals surface area contributed by atoms with Crippen molar-refractivity contribution in [2.75, 3.05) is 25.0 Å². The van der Waals surface area contributed by atoms with Crippen LogP contribution in [0, 0.1) is 6.92 Å². The second-order valence-corrected chi connectivity index (χ2v) is 12.3. The average molecular weight is 620 g/mol. The Morgan fingerprint density at radius 3 is 2.16 bits per heavy atom. The van der Waals surface area contributed by atoms with Crippen molar-refractivity contribution >= 4 is 39.1 Å². The predicted octanol–water partition coefficient (Wildman–Crippen LogP) is 5.24. The molecule has 0 spiro atoms. The van der Waals surface area contributed by atoms with Gasteiger partial charge in [0.15, 0.2) is 0 Å². The molecule has 0 aromatic heterocycles. The number of aryl methyl sites for hydroxylation is 1. The third kappa shape index (κ3) is 7.74. The number of benzene rings is 4. The first-order valence-corrected chi connectivity index (χ1v) is 15.5. The molecule has 8 nitrogen and oxygen atoms in total. The Kier molecular flexibility index (Phi) is 10.4. The van der Waals surface area contributed by atoms with Gasteiger partial charge in [-0.25, -0.2) is 8.42 Å². The van der Waals surface area contributed by atoms with E-state index in [0.717, 1.165) is 15.4 Å². The number of amides is 2. The number of ether oxygens (including phenoxy) is 1. The summed E-state index contributed by atoms with van der Waals surface area (Å²) in [5.41, 5.74) is 2.52. The highest BCUT2D eigenvalue weighted by molar-refractivity contribution is 7.92. The van der Waals surface area contributed by atoms with Crippen molar-refractivity contribution in [3.63, 3.8) is 0 Å². The first-order valence-electron chi connectivity index (χ1n) is 13.7. The van der Waals surface area contributed by atoms with Crippen LogP contribution in [-0.4, -0.2) is 51.9 Å². The van der Waals surface area contributed by atoms with E-state index in [1.165, 1.54) is 31.2 Å². The maximum Gasteiger partial charge on any atom is 0.264 e. The van der Waals surface area contributed by atoms with Gasteiger partial charge in [0.2, 0.25) is 11.8 Å². The maximum absolute atomic E-state index is 14.4. The van der Waals surface area contributed by atoms with Gasteiger partial charge in [0, 0.05) is 25.0 Å². The molecule has 0 saturated carbocycles. The van der Waals surface area contributed by atoms with Crippen molar-refractivity contribution in [2.45, 2.75) is 30.8 Å². The Morgan fingerprint density at radius 2 is 1.53 bits per heavy atom. The minimum Gasteiger partial charge on any atom is -0.495 e. The maximum atomic E-state index is 14.4. The Bertz CT molecular complexity index is 1670. The molecule has 0 heterocycles. The fourth-order valence-corrected chi connectivity index (χ4v) is 6.43. The van der Waals surface area contributed by atoms with E-state index in [4.69, 9.17) is 16.3 Å².